The maximum Gasteiger partial charge on any atom is 0.135 e. The van der Waals surface area contributed by atoms with Crippen LogP contribution in [0.2, 0.25) is 0 Å². The molecule has 1 aliphatic rings. The molecule has 0 unspecified atom stereocenters. The molecule has 0 aliphatic carbocycles. The van der Waals surface area contributed by atoms with Crippen LogP contribution in [0.3, 0.4) is 0 Å². The Kier molecular flexibility index (Phi) is 6.87. The minimum absolute atomic E-state index is 0.202. The molecule has 0 atom stereocenters. The van der Waals surface area contributed by atoms with Crippen LogP contribution in [0.25, 0.3) is 0 Å². The Hall–Kier alpha value is -0.410. The van der Waals surface area contributed by atoms with E-state index in [2.05, 4.69) is 23.6 Å². The Morgan fingerprint density at radius 1 is 1.00 bits per heavy atom. The number of carbonyl (C=O) groups is 1. The van der Waals surface area contributed by atoms with Crippen LogP contribution in [0.15, 0.2) is 0 Å². The van der Waals surface area contributed by atoms with Gasteiger partial charge >= 0.3 is 0 Å². The van der Waals surface area contributed by atoms with E-state index in [0.29, 0.717) is 5.78 Å². The van der Waals surface area contributed by atoms with Crippen molar-refractivity contribution in [3.8, 4) is 0 Å². The molecule has 3 nitrogen and oxygen atoms in total. The molecule has 0 spiro atoms. The zero-order chi connectivity index (χ0) is 13.5. The smallest absolute Gasteiger partial charge is 0.135 e. The molecular formula is C15H30N2O. The van der Waals surface area contributed by atoms with E-state index >= 15 is 0 Å². The van der Waals surface area contributed by atoms with Crippen molar-refractivity contribution in [3.63, 3.8) is 0 Å². The van der Waals surface area contributed by atoms with Gasteiger partial charge in [-0.3, -0.25) is 4.79 Å². The van der Waals surface area contributed by atoms with Gasteiger partial charge in [0.1, 0.15) is 5.78 Å². The van der Waals surface area contributed by atoms with Crippen molar-refractivity contribution >= 4 is 5.78 Å². The third kappa shape index (κ3) is 5.96. The Bertz CT molecular complexity index is 243. The second-order valence-corrected chi connectivity index (χ2v) is 6.26. The molecule has 1 heterocycles. The van der Waals surface area contributed by atoms with E-state index in [1.807, 2.05) is 13.8 Å². The zero-order valence-corrected chi connectivity index (χ0v) is 12.6. The zero-order valence-electron chi connectivity index (χ0n) is 12.6. The molecule has 3 heteroatoms. The lowest BCUT2D eigenvalue weighted by molar-refractivity contribution is -0.122. The van der Waals surface area contributed by atoms with Crippen LogP contribution < -0.4 is 0 Å². The molecule has 0 aromatic heterocycles. The van der Waals surface area contributed by atoms with Crippen molar-refractivity contribution in [2.45, 2.75) is 40.5 Å². The van der Waals surface area contributed by atoms with Crippen molar-refractivity contribution in [2.24, 2.45) is 11.8 Å². The first-order chi connectivity index (χ1) is 8.49. The van der Waals surface area contributed by atoms with Gasteiger partial charge in [-0.25, -0.2) is 0 Å². The predicted octanol–water partition coefficient (Wildman–Crippen LogP) is 2.27. The predicted molar refractivity (Wildman–Crippen MR) is 76.8 cm³/mol. The molecule has 0 radical (unpaired) electrons. The van der Waals surface area contributed by atoms with Crippen LogP contribution in [0.4, 0.5) is 0 Å². The molecule has 0 aromatic carbocycles. The highest BCUT2D eigenvalue weighted by molar-refractivity contribution is 5.80. The minimum Gasteiger partial charge on any atom is -0.301 e. The minimum atomic E-state index is 0.202. The van der Waals surface area contributed by atoms with E-state index in [9.17, 15) is 4.79 Å². The summed E-state index contributed by atoms with van der Waals surface area (Å²) in [5, 5.41) is 0. The van der Waals surface area contributed by atoms with E-state index < -0.39 is 0 Å². The van der Waals surface area contributed by atoms with Gasteiger partial charge < -0.3 is 9.80 Å². The van der Waals surface area contributed by atoms with E-state index in [-0.39, 0.29) is 5.92 Å². The number of nitrogens with zero attached hydrogens (tertiary/aromatic N) is 2. The maximum atomic E-state index is 11.5. The van der Waals surface area contributed by atoms with E-state index in [1.165, 1.54) is 32.7 Å². The van der Waals surface area contributed by atoms with Crippen LogP contribution in [-0.2, 0) is 4.79 Å². The molecule has 0 aromatic rings. The van der Waals surface area contributed by atoms with Crippen molar-refractivity contribution < 1.29 is 4.79 Å². The Labute approximate surface area is 113 Å². The fourth-order valence-electron chi connectivity index (χ4n) is 2.48. The fourth-order valence-corrected chi connectivity index (χ4v) is 2.48. The lowest BCUT2D eigenvalue weighted by Crippen LogP contribution is -2.47. The van der Waals surface area contributed by atoms with Crippen molar-refractivity contribution in [2.75, 3.05) is 39.3 Å². The lowest BCUT2D eigenvalue weighted by Gasteiger charge is -2.35. The van der Waals surface area contributed by atoms with Gasteiger partial charge in [-0.2, -0.15) is 0 Å². The first-order valence-corrected chi connectivity index (χ1v) is 7.46. The summed E-state index contributed by atoms with van der Waals surface area (Å²) >= 11 is 0. The summed E-state index contributed by atoms with van der Waals surface area (Å²) in [6.45, 7) is 15.6. The first-order valence-electron chi connectivity index (χ1n) is 7.46. The monoisotopic (exact) mass is 254 g/mol. The summed E-state index contributed by atoms with van der Waals surface area (Å²) in [6.07, 6.45) is 1.78. The molecule has 1 rings (SSSR count). The summed E-state index contributed by atoms with van der Waals surface area (Å²) in [5.74, 6) is 1.38. The molecule has 0 amide bonds. The van der Waals surface area contributed by atoms with E-state index in [1.54, 1.807) is 0 Å². The fraction of sp³-hybridized carbons (Fsp3) is 0.933. The topological polar surface area (TPSA) is 23.6 Å². The molecular weight excluding hydrogens is 224 g/mol. The third-order valence-electron chi connectivity index (χ3n) is 3.63. The van der Waals surface area contributed by atoms with Gasteiger partial charge in [-0.05, 0) is 18.9 Å². The third-order valence-corrected chi connectivity index (χ3v) is 3.63. The number of rotatable bonds is 7. The van der Waals surface area contributed by atoms with Crippen molar-refractivity contribution in [3.05, 3.63) is 0 Å². The Morgan fingerprint density at radius 3 is 2.06 bits per heavy atom. The van der Waals surface area contributed by atoms with Gasteiger partial charge in [0.15, 0.2) is 0 Å². The molecule has 18 heavy (non-hydrogen) atoms. The summed E-state index contributed by atoms with van der Waals surface area (Å²) in [7, 11) is 0. The summed E-state index contributed by atoms with van der Waals surface area (Å²) in [5.41, 5.74) is 0. The quantitative estimate of drug-likeness (QED) is 0.696. The van der Waals surface area contributed by atoms with Crippen LogP contribution in [0.1, 0.15) is 40.5 Å². The lowest BCUT2D eigenvalue weighted by atomic mass is 10.0. The molecule has 1 aliphatic heterocycles. The standard InChI is InChI=1S/C15H30N2O/c1-13(2)12-17-10-8-16(9-11-17)7-5-6-15(18)14(3)4/h13-14H,5-12H2,1-4H3. The Morgan fingerprint density at radius 2 is 1.56 bits per heavy atom. The van der Waals surface area contributed by atoms with Gasteiger partial charge in [0.2, 0.25) is 0 Å². The van der Waals surface area contributed by atoms with Gasteiger partial charge in [-0.15, -0.1) is 0 Å². The van der Waals surface area contributed by atoms with Crippen LogP contribution in [0, 0.1) is 11.8 Å². The maximum absolute atomic E-state index is 11.5. The molecule has 1 fully saturated rings. The highest BCUT2D eigenvalue weighted by Gasteiger charge is 2.17. The summed E-state index contributed by atoms with van der Waals surface area (Å²) in [4.78, 5) is 16.6. The van der Waals surface area contributed by atoms with E-state index in [4.69, 9.17) is 0 Å². The molecule has 106 valence electrons. The van der Waals surface area contributed by atoms with Gasteiger partial charge in [0.25, 0.3) is 0 Å². The molecule has 1 saturated heterocycles. The molecule has 0 bridgehead atoms. The van der Waals surface area contributed by atoms with Gasteiger partial charge in [0, 0.05) is 45.1 Å². The number of piperazine rings is 1. The SMILES string of the molecule is CC(C)CN1CCN(CCCC(=O)C(C)C)CC1. The number of ketones is 1. The second kappa shape index (κ2) is 7.90. The van der Waals surface area contributed by atoms with Crippen molar-refractivity contribution in [1.29, 1.82) is 0 Å². The van der Waals surface area contributed by atoms with E-state index in [0.717, 1.165) is 25.3 Å². The molecule has 0 saturated carbocycles. The highest BCUT2D eigenvalue weighted by Crippen LogP contribution is 2.08. The van der Waals surface area contributed by atoms with Gasteiger partial charge in [0.05, 0.1) is 0 Å². The number of carbonyl (C=O) groups excluding carboxylic acids is 1. The number of hydrogen-bond acceptors (Lipinski definition) is 3. The van der Waals surface area contributed by atoms with Crippen molar-refractivity contribution in [1.82, 2.24) is 9.80 Å². The summed E-state index contributed by atoms with van der Waals surface area (Å²) in [6, 6.07) is 0. The molecule has 0 N–H and O–H groups in total. The Balaban J connectivity index is 2.10. The largest absolute Gasteiger partial charge is 0.301 e. The first kappa shape index (κ1) is 15.6. The van der Waals surface area contributed by atoms with Crippen LogP contribution in [0.5, 0.6) is 0 Å². The second-order valence-electron chi connectivity index (χ2n) is 6.26. The normalized spacial score (nSPS) is 18.8. The number of Topliss-reactive ketones (excluding diaryl/α,β-unsaturated/α-hetero) is 1. The average Bonchev–Trinajstić information content (AvgIpc) is 2.30. The van der Waals surface area contributed by atoms with Gasteiger partial charge in [-0.1, -0.05) is 27.7 Å². The summed E-state index contributed by atoms with van der Waals surface area (Å²) < 4.78 is 0. The van der Waals surface area contributed by atoms with Crippen LogP contribution >= 0.6 is 0 Å². The highest BCUT2D eigenvalue weighted by atomic mass is 16.1. The number of hydrogen-bond donors (Lipinski definition) is 0. The van der Waals surface area contributed by atoms with Crippen LogP contribution in [-0.4, -0.2) is 54.9 Å². The average molecular weight is 254 g/mol.